The summed E-state index contributed by atoms with van der Waals surface area (Å²) in [6.07, 6.45) is 0. The van der Waals surface area contributed by atoms with Crippen molar-refractivity contribution in [2.45, 2.75) is 26.7 Å². The molecular formula is C16H18O. The zero-order valence-electron chi connectivity index (χ0n) is 10.6. The first kappa shape index (κ1) is 11.7. The normalized spacial score (nSPS) is 10.8. The Balaban J connectivity index is 2.57. The first-order chi connectivity index (χ1) is 8.09. The number of hydrogen-bond donors (Lipinski definition) is 1. The molecule has 0 aromatic heterocycles. The molecule has 17 heavy (non-hydrogen) atoms. The lowest BCUT2D eigenvalue weighted by Gasteiger charge is -2.13. The number of aromatic hydroxyl groups is 1. The highest BCUT2D eigenvalue weighted by atomic mass is 16.3. The van der Waals surface area contributed by atoms with Gasteiger partial charge in [0.25, 0.3) is 0 Å². The van der Waals surface area contributed by atoms with Gasteiger partial charge < -0.3 is 5.11 Å². The van der Waals surface area contributed by atoms with Crippen LogP contribution in [0.3, 0.4) is 0 Å². The van der Waals surface area contributed by atoms with E-state index < -0.39 is 0 Å². The first-order valence-electron chi connectivity index (χ1n) is 5.98. The third-order valence-corrected chi connectivity index (χ3v) is 3.06. The molecule has 1 heteroatoms. The van der Waals surface area contributed by atoms with Crippen molar-refractivity contribution in [1.82, 2.24) is 0 Å². The van der Waals surface area contributed by atoms with Crippen molar-refractivity contribution < 1.29 is 5.11 Å². The molecule has 1 nitrogen and oxygen atoms in total. The smallest absolute Gasteiger partial charge is 0.121 e. The number of hydrogen-bond acceptors (Lipinski definition) is 1. The van der Waals surface area contributed by atoms with Gasteiger partial charge in [0.1, 0.15) is 5.75 Å². The van der Waals surface area contributed by atoms with Gasteiger partial charge in [0.05, 0.1) is 0 Å². The average molecular weight is 226 g/mol. The standard InChI is InChI=1S/C16H18O/c1-11(2)15-10-14(9-12(3)16(15)17)13-7-5-4-6-8-13/h4-11,17H,1-3H3. The van der Waals surface area contributed by atoms with E-state index in [0.29, 0.717) is 11.7 Å². The lowest BCUT2D eigenvalue weighted by Crippen LogP contribution is -1.92. The highest BCUT2D eigenvalue weighted by molar-refractivity contribution is 5.67. The maximum absolute atomic E-state index is 10.0. The second kappa shape index (κ2) is 4.62. The van der Waals surface area contributed by atoms with Crippen LogP contribution in [-0.2, 0) is 0 Å². The molecule has 88 valence electrons. The molecule has 1 N–H and O–H groups in total. The Labute approximate surface area is 103 Å². The van der Waals surface area contributed by atoms with E-state index >= 15 is 0 Å². The second-order valence-electron chi connectivity index (χ2n) is 4.75. The number of phenols is 1. The summed E-state index contributed by atoms with van der Waals surface area (Å²) in [5, 5.41) is 10.0. The summed E-state index contributed by atoms with van der Waals surface area (Å²) < 4.78 is 0. The number of benzene rings is 2. The zero-order chi connectivity index (χ0) is 12.4. The molecule has 2 aromatic carbocycles. The van der Waals surface area contributed by atoms with Gasteiger partial charge in [-0.05, 0) is 47.2 Å². The van der Waals surface area contributed by atoms with Crippen LogP contribution in [0, 0.1) is 6.92 Å². The topological polar surface area (TPSA) is 20.2 Å². The van der Waals surface area contributed by atoms with E-state index in [1.54, 1.807) is 0 Å². The molecule has 0 aliphatic rings. The number of rotatable bonds is 2. The SMILES string of the molecule is Cc1cc(-c2ccccc2)cc(C(C)C)c1O. The van der Waals surface area contributed by atoms with E-state index in [1.165, 1.54) is 11.1 Å². The summed E-state index contributed by atoms with van der Waals surface area (Å²) in [4.78, 5) is 0. The van der Waals surface area contributed by atoms with Crippen molar-refractivity contribution in [3.8, 4) is 16.9 Å². The minimum atomic E-state index is 0.331. The summed E-state index contributed by atoms with van der Waals surface area (Å²) in [6.45, 7) is 6.15. The fourth-order valence-corrected chi connectivity index (χ4v) is 2.04. The van der Waals surface area contributed by atoms with Crippen LogP contribution in [0.2, 0.25) is 0 Å². The van der Waals surface area contributed by atoms with Crippen molar-refractivity contribution in [3.63, 3.8) is 0 Å². The van der Waals surface area contributed by atoms with Gasteiger partial charge in [-0.2, -0.15) is 0 Å². The highest BCUT2D eigenvalue weighted by Crippen LogP contribution is 2.33. The van der Waals surface area contributed by atoms with Gasteiger partial charge in [-0.15, -0.1) is 0 Å². The molecule has 2 rings (SSSR count). The largest absolute Gasteiger partial charge is 0.507 e. The first-order valence-corrected chi connectivity index (χ1v) is 5.98. The Hall–Kier alpha value is -1.76. The predicted molar refractivity (Wildman–Crippen MR) is 72.4 cm³/mol. The zero-order valence-corrected chi connectivity index (χ0v) is 10.6. The molecule has 0 bridgehead atoms. The van der Waals surface area contributed by atoms with Crippen LogP contribution in [-0.4, -0.2) is 5.11 Å². The maximum Gasteiger partial charge on any atom is 0.121 e. The monoisotopic (exact) mass is 226 g/mol. The quantitative estimate of drug-likeness (QED) is 0.799. The molecular weight excluding hydrogens is 208 g/mol. The Kier molecular flexibility index (Phi) is 3.19. The van der Waals surface area contributed by atoms with Gasteiger partial charge in [0.2, 0.25) is 0 Å². The molecule has 0 amide bonds. The molecule has 0 aliphatic heterocycles. The number of aryl methyl sites for hydroxylation is 1. The van der Waals surface area contributed by atoms with Crippen LogP contribution in [0.5, 0.6) is 5.75 Å². The van der Waals surface area contributed by atoms with Crippen LogP contribution >= 0.6 is 0 Å². The van der Waals surface area contributed by atoms with Crippen molar-refractivity contribution in [1.29, 1.82) is 0 Å². The van der Waals surface area contributed by atoms with Crippen molar-refractivity contribution >= 4 is 0 Å². The van der Waals surface area contributed by atoms with Gasteiger partial charge in [-0.25, -0.2) is 0 Å². The fourth-order valence-electron chi connectivity index (χ4n) is 2.04. The van der Waals surface area contributed by atoms with Crippen molar-refractivity contribution in [2.24, 2.45) is 0 Å². The van der Waals surface area contributed by atoms with Gasteiger partial charge >= 0.3 is 0 Å². The minimum Gasteiger partial charge on any atom is -0.507 e. The van der Waals surface area contributed by atoms with Crippen molar-refractivity contribution in [3.05, 3.63) is 53.6 Å². The molecule has 0 spiro atoms. The Morgan fingerprint density at radius 3 is 2.18 bits per heavy atom. The van der Waals surface area contributed by atoms with E-state index in [2.05, 4.69) is 32.0 Å². The molecule has 0 fully saturated rings. The van der Waals surface area contributed by atoms with Crippen LogP contribution in [0.25, 0.3) is 11.1 Å². The molecule has 0 saturated heterocycles. The van der Waals surface area contributed by atoms with Gasteiger partial charge in [0, 0.05) is 0 Å². The fraction of sp³-hybridized carbons (Fsp3) is 0.250. The average Bonchev–Trinajstić information content (AvgIpc) is 2.33. The van der Waals surface area contributed by atoms with Crippen LogP contribution in [0.4, 0.5) is 0 Å². The molecule has 2 aromatic rings. The van der Waals surface area contributed by atoms with Gasteiger partial charge in [0.15, 0.2) is 0 Å². The lowest BCUT2D eigenvalue weighted by molar-refractivity contribution is 0.461. The second-order valence-corrected chi connectivity index (χ2v) is 4.75. The Bertz CT molecular complexity index is 513. The molecule has 0 radical (unpaired) electrons. The van der Waals surface area contributed by atoms with Gasteiger partial charge in [-0.3, -0.25) is 0 Å². The molecule has 0 aliphatic carbocycles. The van der Waals surface area contributed by atoms with Crippen LogP contribution < -0.4 is 0 Å². The van der Waals surface area contributed by atoms with Crippen molar-refractivity contribution in [2.75, 3.05) is 0 Å². The minimum absolute atomic E-state index is 0.331. The van der Waals surface area contributed by atoms with E-state index in [9.17, 15) is 5.11 Å². The summed E-state index contributed by atoms with van der Waals surface area (Å²) in [7, 11) is 0. The molecule has 0 atom stereocenters. The Morgan fingerprint density at radius 2 is 1.59 bits per heavy atom. The Morgan fingerprint density at radius 1 is 0.941 bits per heavy atom. The van der Waals surface area contributed by atoms with E-state index in [-0.39, 0.29) is 0 Å². The van der Waals surface area contributed by atoms with E-state index in [0.717, 1.165) is 11.1 Å². The predicted octanol–water partition coefficient (Wildman–Crippen LogP) is 4.49. The lowest BCUT2D eigenvalue weighted by atomic mass is 9.94. The number of phenolic OH excluding ortho intramolecular Hbond substituents is 1. The molecule has 0 saturated carbocycles. The molecule has 0 unspecified atom stereocenters. The highest BCUT2D eigenvalue weighted by Gasteiger charge is 2.10. The summed E-state index contributed by atoms with van der Waals surface area (Å²) in [5.41, 5.74) is 4.32. The third kappa shape index (κ3) is 2.33. The van der Waals surface area contributed by atoms with Gasteiger partial charge in [-0.1, -0.05) is 44.2 Å². The summed E-state index contributed by atoms with van der Waals surface area (Å²) >= 11 is 0. The summed E-state index contributed by atoms with van der Waals surface area (Å²) in [5.74, 6) is 0.761. The third-order valence-electron chi connectivity index (χ3n) is 3.06. The van der Waals surface area contributed by atoms with Crippen LogP contribution in [0.1, 0.15) is 30.9 Å². The molecule has 0 heterocycles. The van der Waals surface area contributed by atoms with E-state index in [4.69, 9.17) is 0 Å². The maximum atomic E-state index is 10.0. The van der Waals surface area contributed by atoms with E-state index in [1.807, 2.05) is 31.2 Å². The van der Waals surface area contributed by atoms with Crippen LogP contribution in [0.15, 0.2) is 42.5 Å². The summed E-state index contributed by atoms with van der Waals surface area (Å²) in [6, 6.07) is 14.4.